The Balaban J connectivity index is 0.000000545. The van der Waals surface area contributed by atoms with Gasteiger partial charge in [0.15, 0.2) is 0 Å². The number of ether oxygens (including phenoxy) is 3. The predicted octanol–water partition coefficient (Wildman–Crippen LogP) is 7.77. The van der Waals surface area contributed by atoms with Crippen LogP contribution < -0.4 is 0 Å². The van der Waals surface area contributed by atoms with E-state index in [0.717, 1.165) is 55.6 Å². The van der Waals surface area contributed by atoms with E-state index in [1.165, 1.54) is 18.1 Å². The second-order valence-electron chi connectivity index (χ2n) is 7.29. The summed E-state index contributed by atoms with van der Waals surface area (Å²) in [6.45, 7) is 17.3. The molecule has 192 valence electrons. The highest BCUT2D eigenvalue weighted by Crippen LogP contribution is 2.08. The molecule has 0 bridgehead atoms. The molecule has 0 aliphatic heterocycles. The number of benzene rings is 2. The highest BCUT2D eigenvalue weighted by atomic mass is 35.5. The zero-order valence-corrected chi connectivity index (χ0v) is 21.6. The van der Waals surface area contributed by atoms with E-state index in [9.17, 15) is 0 Å². The van der Waals surface area contributed by atoms with E-state index in [1.54, 1.807) is 0 Å². The van der Waals surface area contributed by atoms with Crippen molar-refractivity contribution < 1.29 is 19.3 Å². The third-order valence-electron chi connectivity index (χ3n) is 4.56. The minimum Gasteiger partial charge on any atom is -0.502 e. The molecule has 2 rings (SSSR count). The Labute approximate surface area is 217 Å². The van der Waals surface area contributed by atoms with Gasteiger partial charge in [-0.3, -0.25) is 0 Å². The topological polar surface area (TPSA) is 47.9 Å². The van der Waals surface area contributed by atoms with Crippen molar-refractivity contribution in [1.82, 2.24) is 0 Å². The Morgan fingerprint density at radius 3 is 1.54 bits per heavy atom. The Hall–Kier alpha value is -2.79. The standard InChI is InChI=1S/C15H20O2.C9H9Cl.C6H12O2/c1-3-14-7-9-15(10-8-14)13-17-12-6-5-11-16-4-2;1-2-8-3-5-9(7-10)6-4-8;1-2-8-6-4-3-5-7/h3-4,7-10H,1-2,5-6,11-13H2;2-6H,1,7H2;2,7H,1,3-6H2. The molecule has 1 N–H and O–H groups in total. The maximum atomic E-state index is 8.28. The normalized spacial score (nSPS) is 9.43. The van der Waals surface area contributed by atoms with Gasteiger partial charge in [0.05, 0.1) is 32.3 Å². The fourth-order valence-electron chi connectivity index (χ4n) is 2.54. The summed E-state index contributed by atoms with van der Waals surface area (Å²) in [4.78, 5) is 0. The Morgan fingerprint density at radius 2 is 1.11 bits per heavy atom. The zero-order chi connectivity index (χ0) is 26.0. The van der Waals surface area contributed by atoms with Crippen LogP contribution in [0.1, 0.15) is 47.9 Å². The lowest BCUT2D eigenvalue weighted by molar-refractivity contribution is 0.111. The summed E-state index contributed by atoms with van der Waals surface area (Å²) in [6.07, 6.45) is 10.3. The number of hydrogen-bond acceptors (Lipinski definition) is 4. The molecule has 2 aromatic carbocycles. The average Bonchev–Trinajstić information content (AvgIpc) is 2.92. The number of aliphatic hydroxyl groups excluding tert-OH is 1. The Bertz CT molecular complexity index is 785. The van der Waals surface area contributed by atoms with Gasteiger partial charge in [-0.25, -0.2) is 0 Å². The molecular weight excluding hydrogens is 460 g/mol. The SMILES string of the molecule is C=COCCCCO.C=COCCCCOCc1ccc(C=C)cc1.C=Cc1ccc(CCl)cc1. The van der Waals surface area contributed by atoms with Gasteiger partial charge in [-0.2, -0.15) is 0 Å². The van der Waals surface area contributed by atoms with Gasteiger partial charge >= 0.3 is 0 Å². The van der Waals surface area contributed by atoms with Crippen LogP contribution in [0.25, 0.3) is 12.2 Å². The van der Waals surface area contributed by atoms with E-state index in [2.05, 4.69) is 38.4 Å². The molecule has 0 aliphatic rings. The van der Waals surface area contributed by atoms with Crippen LogP contribution in [0.2, 0.25) is 0 Å². The summed E-state index contributed by atoms with van der Waals surface area (Å²) >= 11 is 5.60. The number of rotatable bonds is 16. The van der Waals surface area contributed by atoms with Crippen LogP contribution in [0.4, 0.5) is 0 Å². The van der Waals surface area contributed by atoms with Crippen LogP contribution in [0.3, 0.4) is 0 Å². The maximum Gasteiger partial charge on any atom is 0.0873 e. The monoisotopic (exact) mass is 500 g/mol. The lowest BCUT2D eigenvalue weighted by atomic mass is 10.1. The summed E-state index contributed by atoms with van der Waals surface area (Å²) in [6, 6.07) is 16.2. The van der Waals surface area contributed by atoms with E-state index in [-0.39, 0.29) is 6.61 Å². The lowest BCUT2D eigenvalue weighted by Crippen LogP contribution is -1.97. The summed E-state index contributed by atoms with van der Waals surface area (Å²) in [5, 5.41) is 8.28. The Morgan fingerprint density at radius 1 is 0.657 bits per heavy atom. The third kappa shape index (κ3) is 19.2. The zero-order valence-electron chi connectivity index (χ0n) is 20.9. The maximum absolute atomic E-state index is 8.28. The molecule has 0 saturated carbocycles. The van der Waals surface area contributed by atoms with Gasteiger partial charge in [0.1, 0.15) is 0 Å². The molecule has 5 heteroatoms. The molecule has 0 spiro atoms. The summed E-state index contributed by atoms with van der Waals surface area (Å²) < 4.78 is 15.4. The van der Waals surface area contributed by atoms with Crippen LogP contribution in [-0.2, 0) is 26.7 Å². The van der Waals surface area contributed by atoms with Gasteiger partial charge in [-0.15, -0.1) is 11.6 Å². The van der Waals surface area contributed by atoms with Crippen molar-refractivity contribution in [3.8, 4) is 0 Å². The van der Waals surface area contributed by atoms with Crippen LogP contribution in [0.5, 0.6) is 0 Å². The van der Waals surface area contributed by atoms with Gasteiger partial charge in [0, 0.05) is 19.1 Å². The summed E-state index contributed by atoms with van der Waals surface area (Å²) in [7, 11) is 0. The molecule has 0 amide bonds. The molecule has 0 saturated heterocycles. The minimum absolute atomic E-state index is 0.250. The first-order valence-corrected chi connectivity index (χ1v) is 12.3. The second kappa shape index (κ2) is 24.3. The van der Waals surface area contributed by atoms with Gasteiger partial charge in [0.2, 0.25) is 0 Å². The summed E-state index contributed by atoms with van der Waals surface area (Å²) in [5.74, 6) is 0.581. The molecular formula is C30H41ClO4. The highest BCUT2D eigenvalue weighted by Gasteiger charge is 1.94. The highest BCUT2D eigenvalue weighted by molar-refractivity contribution is 6.17. The van der Waals surface area contributed by atoms with Crippen molar-refractivity contribution in [2.45, 2.75) is 38.2 Å². The van der Waals surface area contributed by atoms with Crippen LogP contribution in [-0.4, -0.2) is 31.5 Å². The molecule has 0 atom stereocenters. The first-order chi connectivity index (χ1) is 17.1. The molecule has 0 unspecified atom stereocenters. The first kappa shape index (κ1) is 32.2. The fourth-order valence-corrected chi connectivity index (χ4v) is 2.71. The van der Waals surface area contributed by atoms with E-state index in [4.69, 9.17) is 30.9 Å². The number of aliphatic hydroxyl groups is 1. The van der Waals surface area contributed by atoms with Crippen molar-refractivity contribution in [2.24, 2.45) is 0 Å². The average molecular weight is 501 g/mol. The van der Waals surface area contributed by atoms with E-state index in [1.807, 2.05) is 48.6 Å². The molecule has 4 nitrogen and oxygen atoms in total. The van der Waals surface area contributed by atoms with Crippen molar-refractivity contribution in [1.29, 1.82) is 0 Å². The minimum atomic E-state index is 0.250. The molecule has 0 fully saturated rings. The van der Waals surface area contributed by atoms with Crippen LogP contribution >= 0.6 is 11.6 Å². The van der Waals surface area contributed by atoms with Crippen LogP contribution in [0.15, 0.2) is 87.4 Å². The van der Waals surface area contributed by atoms with Crippen molar-refractivity contribution in [3.63, 3.8) is 0 Å². The van der Waals surface area contributed by atoms with E-state index < -0.39 is 0 Å². The molecule has 35 heavy (non-hydrogen) atoms. The van der Waals surface area contributed by atoms with Crippen molar-refractivity contribution in [3.05, 3.63) is 110 Å². The van der Waals surface area contributed by atoms with Gasteiger partial charge < -0.3 is 19.3 Å². The fraction of sp³-hybridized carbons (Fsp3) is 0.333. The smallest absolute Gasteiger partial charge is 0.0873 e. The lowest BCUT2D eigenvalue weighted by Gasteiger charge is -2.05. The second-order valence-corrected chi connectivity index (χ2v) is 7.56. The summed E-state index contributed by atoms with van der Waals surface area (Å²) in [5.41, 5.74) is 4.61. The number of alkyl halides is 1. The molecule has 0 heterocycles. The number of hydrogen-bond donors (Lipinski definition) is 1. The van der Waals surface area contributed by atoms with E-state index >= 15 is 0 Å². The largest absolute Gasteiger partial charge is 0.502 e. The molecule has 0 aliphatic carbocycles. The first-order valence-electron chi connectivity index (χ1n) is 11.8. The molecule has 0 radical (unpaired) electrons. The van der Waals surface area contributed by atoms with Gasteiger partial charge in [-0.05, 0) is 47.9 Å². The number of unbranched alkanes of at least 4 members (excludes halogenated alkanes) is 2. The van der Waals surface area contributed by atoms with Crippen LogP contribution in [0, 0.1) is 0 Å². The van der Waals surface area contributed by atoms with Gasteiger partial charge in [0.25, 0.3) is 0 Å². The quantitative estimate of drug-likeness (QED) is 0.145. The molecule has 0 aromatic heterocycles. The van der Waals surface area contributed by atoms with E-state index in [0.29, 0.717) is 19.1 Å². The van der Waals surface area contributed by atoms with Crippen molar-refractivity contribution in [2.75, 3.05) is 26.4 Å². The molecule has 2 aromatic rings. The third-order valence-corrected chi connectivity index (χ3v) is 4.87. The number of halogens is 1. The predicted molar refractivity (Wildman–Crippen MR) is 150 cm³/mol. The Kier molecular flexibility index (Phi) is 22.4. The van der Waals surface area contributed by atoms with Crippen molar-refractivity contribution >= 4 is 23.8 Å². The van der Waals surface area contributed by atoms with Gasteiger partial charge in [-0.1, -0.05) is 87.0 Å².